The van der Waals surface area contributed by atoms with Gasteiger partial charge < -0.3 is 9.30 Å². The number of halogens is 1. The Kier molecular flexibility index (Phi) is 5.64. The Morgan fingerprint density at radius 3 is 2.58 bits per heavy atom. The fourth-order valence-corrected chi connectivity index (χ4v) is 3.80. The molecule has 1 aromatic heterocycles. The van der Waals surface area contributed by atoms with Crippen LogP contribution in [0.3, 0.4) is 0 Å². The van der Waals surface area contributed by atoms with E-state index in [4.69, 9.17) is 4.74 Å². The zero-order chi connectivity index (χ0) is 18.7. The summed E-state index contributed by atoms with van der Waals surface area (Å²) in [4.78, 5) is 17.4. The number of carbonyl (C=O) groups excluding carboxylic acids is 1. The van der Waals surface area contributed by atoms with E-state index in [9.17, 15) is 9.18 Å². The van der Waals surface area contributed by atoms with Gasteiger partial charge in [-0.1, -0.05) is 11.3 Å². The van der Waals surface area contributed by atoms with Gasteiger partial charge in [0.15, 0.2) is 4.80 Å². The smallest absolute Gasteiger partial charge is 0.279 e. The minimum absolute atomic E-state index is 0.368. The van der Waals surface area contributed by atoms with Gasteiger partial charge in [-0.05, 0) is 68.3 Å². The molecular weight excluding hydrogens is 351 g/mol. The van der Waals surface area contributed by atoms with E-state index in [1.807, 2.05) is 11.5 Å². The molecule has 0 aliphatic carbocycles. The number of thiazole rings is 1. The Labute approximate surface area is 155 Å². The second kappa shape index (κ2) is 7.93. The summed E-state index contributed by atoms with van der Waals surface area (Å²) < 4.78 is 21.7. The molecule has 6 heteroatoms. The molecule has 0 aliphatic heterocycles. The fraction of sp³-hybridized carbons (Fsp3) is 0.300. The van der Waals surface area contributed by atoms with E-state index < -0.39 is 0 Å². The zero-order valence-electron chi connectivity index (χ0n) is 15.1. The molecule has 0 spiro atoms. The number of aromatic nitrogens is 1. The summed E-state index contributed by atoms with van der Waals surface area (Å²) in [6.07, 6.45) is 0. The van der Waals surface area contributed by atoms with E-state index in [2.05, 4.69) is 31.0 Å². The van der Waals surface area contributed by atoms with Crippen LogP contribution in [0.4, 0.5) is 4.39 Å². The Hall–Kier alpha value is -2.31. The van der Waals surface area contributed by atoms with Crippen molar-refractivity contribution in [3.63, 3.8) is 0 Å². The molecule has 1 heterocycles. The van der Waals surface area contributed by atoms with E-state index in [1.165, 1.54) is 46.7 Å². The first-order chi connectivity index (χ1) is 12.5. The quantitative estimate of drug-likeness (QED) is 0.629. The summed E-state index contributed by atoms with van der Waals surface area (Å²) in [5.41, 5.74) is 3.81. The van der Waals surface area contributed by atoms with Gasteiger partial charge in [0.1, 0.15) is 5.82 Å². The Bertz CT molecular complexity index is 1000. The first-order valence-corrected chi connectivity index (χ1v) is 9.34. The molecule has 0 radical (unpaired) electrons. The molecule has 0 saturated carbocycles. The third-order valence-electron chi connectivity index (χ3n) is 4.25. The van der Waals surface area contributed by atoms with Gasteiger partial charge in [-0.3, -0.25) is 4.79 Å². The monoisotopic (exact) mass is 372 g/mol. The fourth-order valence-electron chi connectivity index (χ4n) is 2.67. The molecule has 0 fully saturated rings. The Morgan fingerprint density at radius 1 is 1.19 bits per heavy atom. The number of aryl methyl sites for hydroxylation is 2. The van der Waals surface area contributed by atoms with E-state index in [-0.39, 0.29) is 11.7 Å². The van der Waals surface area contributed by atoms with Gasteiger partial charge in [0.05, 0.1) is 16.8 Å². The minimum Gasteiger partial charge on any atom is -0.380 e. The molecule has 0 bridgehead atoms. The number of fused-ring (bicyclic) bond motifs is 1. The molecule has 3 rings (SSSR count). The zero-order valence-corrected chi connectivity index (χ0v) is 15.9. The predicted octanol–water partition coefficient (Wildman–Crippen LogP) is 4.24. The average molecular weight is 372 g/mol. The number of hydrogen-bond donors (Lipinski definition) is 0. The van der Waals surface area contributed by atoms with Crippen molar-refractivity contribution in [1.29, 1.82) is 0 Å². The van der Waals surface area contributed by atoms with Crippen molar-refractivity contribution < 1.29 is 13.9 Å². The highest BCUT2D eigenvalue weighted by Crippen LogP contribution is 2.22. The maximum absolute atomic E-state index is 13.1. The number of ether oxygens (including phenoxy) is 1. The largest absolute Gasteiger partial charge is 0.380 e. The van der Waals surface area contributed by atoms with Crippen LogP contribution in [0, 0.1) is 19.7 Å². The summed E-state index contributed by atoms with van der Waals surface area (Å²) in [5, 5.41) is 0. The molecule has 0 atom stereocenters. The van der Waals surface area contributed by atoms with Crippen LogP contribution in [0.2, 0.25) is 0 Å². The molecule has 0 unspecified atom stereocenters. The van der Waals surface area contributed by atoms with Crippen LogP contribution in [0.15, 0.2) is 41.4 Å². The Morgan fingerprint density at radius 2 is 1.88 bits per heavy atom. The number of carbonyl (C=O) groups is 1. The average Bonchev–Trinajstić information content (AvgIpc) is 2.92. The van der Waals surface area contributed by atoms with Gasteiger partial charge in [0.2, 0.25) is 0 Å². The van der Waals surface area contributed by atoms with E-state index in [0.29, 0.717) is 30.1 Å². The summed E-state index contributed by atoms with van der Waals surface area (Å²) in [7, 11) is 0. The van der Waals surface area contributed by atoms with Gasteiger partial charge in [0.25, 0.3) is 5.91 Å². The summed E-state index contributed by atoms with van der Waals surface area (Å²) >= 11 is 1.48. The normalized spacial score (nSPS) is 12.1. The number of amides is 1. The summed E-state index contributed by atoms with van der Waals surface area (Å²) in [6, 6.07) is 9.68. The first kappa shape index (κ1) is 18.5. The van der Waals surface area contributed by atoms with Crippen molar-refractivity contribution in [3.8, 4) is 0 Å². The van der Waals surface area contributed by atoms with Gasteiger partial charge in [0, 0.05) is 18.7 Å². The molecule has 3 aromatic rings. The third kappa shape index (κ3) is 3.92. The maximum Gasteiger partial charge on any atom is 0.279 e. The second-order valence-electron chi connectivity index (χ2n) is 6.06. The molecule has 136 valence electrons. The highest BCUT2D eigenvalue weighted by Gasteiger charge is 2.11. The maximum atomic E-state index is 13.1. The molecule has 1 amide bonds. The van der Waals surface area contributed by atoms with Crippen molar-refractivity contribution in [2.24, 2.45) is 4.99 Å². The van der Waals surface area contributed by atoms with E-state index in [0.717, 1.165) is 10.2 Å². The van der Waals surface area contributed by atoms with Crippen LogP contribution in [0.5, 0.6) is 0 Å². The first-order valence-electron chi connectivity index (χ1n) is 8.52. The van der Waals surface area contributed by atoms with Crippen LogP contribution in [-0.2, 0) is 11.3 Å². The van der Waals surface area contributed by atoms with Gasteiger partial charge in [-0.25, -0.2) is 4.39 Å². The molecule has 0 saturated heterocycles. The van der Waals surface area contributed by atoms with Crippen molar-refractivity contribution in [3.05, 3.63) is 63.7 Å². The number of benzene rings is 2. The summed E-state index contributed by atoms with van der Waals surface area (Å²) in [6.45, 7) is 7.90. The lowest BCUT2D eigenvalue weighted by atomic mass is 10.1. The lowest BCUT2D eigenvalue weighted by Gasteiger charge is -2.07. The third-order valence-corrected chi connectivity index (χ3v) is 5.29. The van der Waals surface area contributed by atoms with E-state index in [1.54, 1.807) is 0 Å². The van der Waals surface area contributed by atoms with Crippen LogP contribution in [-0.4, -0.2) is 23.7 Å². The molecule has 0 aliphatic rings. The highest BCUT2D eigenvalue weighted by atomic mass is 32.1. The molecule has 4 nitrogen and oxygen atoms in total. The minimum atomic E-state index is -0.379. The van der Waals surface area contributed by atoms with Gasteiger partial charge >= 0.3 is 0 Å². The Balaban J connectivity index is 2.09. The van der Waals surface area contributed by atoms with Crippen LogP contribution in [0.25, 0.3) is 10.2 Å². The standard InChI is InChI=1S/C20H21FN2O2S/c1-4-25-10-9-23-17-11-13(2)14(3)12-18(17)26-20(23)22-19(24)15-5-7-16(21)8-6-15/h5-8,11-12H,4,9-10H2,1-3H3. The van der Waals surface area contributed by atoms with Crippen LogP contribution >= 0.6 is 11.3 Å². The van der Waals surface area contributed by atoms with Crippen molar-refractivity contribution in [2.45, 2.75) is 27.3 Å². The summed E-state index contributed by atoms with van der Waals surface area (Å²) in [5.74, 6) is -0.753. The molecule has 26 heavy (non-hydrogen) atoms. The second-order valence-corrected chi connectivity index (χ2v) is 7.07. The van der Waals surface area contributed by atoms with Gasteiger partial charge in [-0.15, -0.1) is 0 Å². The predicted molar refractivity (Wildman–Crippen MR) is 102 cm³/mol. The van der Waals surface area contributed by atoms with Crippen molar-refractivity contribution in [1.82, 2.24) is 4.57 Å². The lowest BCUT2D eigenvalue weighted by Crippen LogP contribution is -2.19. The number of rotatable bonds is 5. The highest BCUT2D eigenvalue weighted by molar-refractivity contribution is 7.16. The van der Waals surface area contributed by atoms with Crippen LogP contribution in [0.1, 0.15) is 28.4 Å². The molecule has 0 N–H and O–H groups in total. The van der Waals surface area contributed by atoms with Crippen molar-refractivity contribution >= 4 is 27.5 Å². The number of nitrogens with zero attached hydrogens (tertiary/aromatic N) is 2. The van der Waals surface area contributed by atoms with Crippen molar-refractivity contribution in [2.75, 3.05) is 13.2 Å². The topological polar surface area (TPSA) is 43.6 Å². The molecular formula is C20H21FN2O2S. The number of hydrogen-bond acceptors (Lipinski definition) is 3. The van der Waals surface area contributed by atoms with Crippen LogP contribution < -0.4 is 4.80 Å². The van der Waals surface area contributed by atoms with Gasteiger partial charge in [-0.2, -0.15) is 4.99 Å². The molecule has 2 aromatic carbocycles. The van der Waals surface area contributed by atoms with E-state index >= 15 is 0 Å². The SMILES string of the molecule is CCOCCn1c(=NC(=O)c2ccc(F)cc2)sc2cc(C)c(C)cc21. The lowest BCUT2D eigenvalue weighted by molar-refractivity contribution is 0.0996.